The third-order valence-electron chi connectivity index (χ3n) is 5.45. The molecular formula is C26H29FO2. The van der Waals surface area contributed by atoms with E-state index in [-0.39, 0.29) is 16.6 Å². The zero-order valence-electron chi connectivity index (χ0n) is 17.6. The van der Waals surface area contributed by atoms with Gasteiger partial charge in [0.05, 0.1) is 0 Å². The summed E-state index contributed by atoms with van der Waals surface area (Å²) in [5.41, 5.74) is 5.89. The fourth-order valence-corrected chi connectivity index (χ4v) is 4.93. The standard InChI is InChI=1S/C26H29FO2/c1-25(2)15-21(16-26(3,4)17-25)24(20-10-12-22(27)13-11-20)19-8-5-18(6-9-19)7-14-23(28)29/h5-14H,15-17H2,1-4H3,(H,28,29). The Kier molecular flexibility index (Phi) is 5.79. The molecule has 0 spiro atoms. The number of hydrogen-bond acceptors (Lipinski definition) is 1. The molecule has 1 aliphatic rings. The predicted octanol–water partition coefficient (Wildman–Crippen LogP) is 6.96. The van der Waals surface area contributed by atoms with E-state index < -0.39 is 5.97 Å². The van der Waals surface area contributed by atoms with Crippen molar-refractivity contribution in [1.29, 1.82) is 0 Å². The zero-order valence-corrected chi connectivity index (χ0v) is 17.6. The lowest BCUT2D eigenvalue weighted by molar-refractivity contribution is -0.131. The maximum atomic E-state index is 13.6. The van der Waals surface area contributed by atoms with E-state index in [1.807, 2.05) is 36.4 Å². The number of carbonyl (C=O) groups is 1. The molecule has 0 aliphatic heterocycles. The number of halogens is 1. The van der Waals surface area contributed by atoms with Crippen LogP contribution in [0.25, 0.3) is 11.6 Å². The fourth-order valence-electron chi connectivity index (χ4n) is 4.93. The van der Waals surface area contributed by atoms with Crippen molar-refractivity contribution in [1.82, 2.24) is 0 Å². The van der Waals surface area contributed by atoms with Gasteiger partial charge in [-0.15, -0.1) is 0 Å². The lowest BCUT2D eigenvalue weighted by atomic mass is 9.62. The van der Waals surface area contributed by atoms with E-state index in [4.69, 9.17) is 5.11 Å². The first-order valence-corrected chi connectivity index (χ1v) is 10.0. The van der Waals surface area contributed by atoms with Gasteiger partial charge in [-0.1, -0.05) is 69.7 Å². The van der Waals surface area contributed by atoms with Gasteiger partial charge in [0.2, 0.25) is 0 Å². The largest absolute Gasteiger partial charge is 0.478 e. The molecule has 3 rings (SSSR count). The monoisotopic (exact) mass is 392 g/mol. The van der Waals surface area contributed by atoms with Crippen LogP contribution in [0.5, 0.6) is 0 Å². The average Bonchev–Trinajstić information content (AvgIpc) is 2.60. The minimum atomic E-state index is -0.963. The summed E-state index contributed by atoms with van der Waals surface area (Å²) in [4.78, 5) is 10.8. The number of hydrogen-bond donors (Lipinski definition) is 1. The van der Waals surface area contributed by atoms with Gasteiger partial charge in [0.25, 0.3) is 0 Å². The second kappa shape index (κ2) is 7.98. The number of rotatable bonds is 4. The van der Waals surface area contributed by atoms with Crippen LogP contribution >= 0.6 is 0 Å². The van der Waals surface area contributed by atoms with Crippen LogP contribution in [0.3, 0.4) is 0 Å². The summed E-state index contributed by atoms with van der Waals surface area (Å²) in [5, 5.41) is 8.83. The maximum absolute atomic E-state index is 13.6. The molecule has 1 N–H and O–H groups in total. The first-order chi connectivity index (χ1) is 13.5. The van der Waals surface area contributed by atoms with E-state index in [0.29, 0.717) is 0 Å². The molecule has 0 bridgehead atoms. The quantitative estimate of drug-likeness (QED) is 0.571. The van der Waals surface area contributed by atoms with E-state index in [2.05, 4.69) is 27.7 Å². The van der Waals surface area contributed by atoms with E-state index >= 15 is 0 Å². The number of carboxylic acid groups (broad SMARTS) is 1. The zero-order chi connectivity index (χ0) is 21.2. The number of carboxylic acids is 1. The van der Waals surface area contributed by atoms with Crippen molar-refractivity contribution in [2.24, 2.45) is 10.8 Å². The second-order valence-electron chi connectivity index (χ2n) is 9.64. The topological polar surface area (TPSA) is 37.3 Å². The first-order valence-electron chi connectivity index (χ1n) is 10.0. The van der Waals surface area contributed by atoms with Gasteiger partial charge in [-0.2, -0.15) is 0 Å². The van der Waals surface area contributed by atoms with Gasteiger partial charge in [-0.25, -0.2) is 9.18 Å². The summed E-state index contributed by atoms with van der Waals surface area (Å²) < 4.78 is 13.6. The number of benzene rings is 2. The Morgan fingerprint density at radius 2 is 1.38 bits per heavy atom. The van der Waals surface area contributed by atoms with Crippen molar-refractivity contribution in [3.63, 3.8) is 0 Å². The molecule has 0 aromatic heterocycles. The highest BCUT2D eigenvalue weighted by Crippen LogP contribution is 2.50. The molecule has 1 saturated carbocycles. The van der Waals surface area contributed by atoms with Crippen molar-refractivity contribution in [3.8, 4) is 0 Å². The summed E-state index contributed by atoms with van der Waals surface area (Å²) in [6.07, 6.45) is 5.90. The Labute approximate surface area is 172 Å². The highest BCUT2D eigenvalue weighted by molar-refractivity contribution is 5.86. The molecule has 2 aromatic rings. The molecule has 152 valence electrons. The lowest BCUT2D eigenvalue weighted by Crippen LogP contribution is -2.30. The van der Waals surface area contributed by atoms with Crippen LogP contribution in [-0.4, -0.2) is 11.1 Å². The smallest absolute Gasteiger partial charge is 0.328 e. The lowest BCUT2D eigenvalue weighted by Gasteiger charge is -2.43. The Morgan fingerprint density at radius 3 is 1.86 bits per heavy atom. The molecule has 0 radical (unpaired) electrons. The molecule has 2 nitrogen and oxygen atoms in total. The van der Waals surface area contributed by atoms with Crippen molar-refractivity contribution >= 4 is 17.6 Å². The summed E-state index contributed by atoms with van der Waals surface area (Å²) in [7, 11) is 0. The third kappa shape index (κ3) is 5.44. The van der Waals surface area contributed by atoms with Crippen molar-refractivity contribution < 1.29 is 14.3 Å². The SMILES string of the molecule is CC1(C)CC(=C(c2ccc(F)cc2)c2ccc(C=CC(=O)O)cc2)CC(C)(C)C1. The van der Waals surface area contributed by atoms with Gasteiger partial charge in [-0.05, 0) is 70.6 Å². The van der Waals surface area contributed by atoms with E-state index in [1.165, 1.54) is 29.7 Å². The fraction of sp³-hybridized carbons (Fsp3) is 0.346. The van der Waals surface area contributed by atoms with Crippen LogP contribution in [0.4, 0.5) is 4.39 Å². The number of aliphatic carboxylic acids is 1. The Morgan fingerprint density at radius 1 is 0.897 bits per heavy atom. The molecule has 0 atom stereocenters. The molecule has 1 fully saturated rings. The minimum Gasteiger partial charge on any atom is -0.478 e. The Hall–Kier alpha value is -2.68. The second-order valence-corrected chi connectivity index (χ2v) is 9.64. The first kappa shape index (κ1) is 21.0. The van der Waals surface area contributed by atoms with Gasteiger partial charge < -0.3 is 5.11 Å². The Balaban J connectivity index is 2.11. The van der Waals surface area contributed by atoms with Gasteiger partial charge in [0.15, 0.2) is 0 Å². The van der Waals surface area contributed by atoms with Crippen molar-refractivity contribution in [2.45, 2.75) is 47.0 Å². The molecule has 2 aromatic carbocycles. The molecule has 1 aliphatic carbocycles. The van der Waals surface area contributed by atoms with Crippen molar-refractivity contribution in [3.05, 3.63) is 82.7 Å². The number of allylic oxidation sites excluding steroid dienone is 1. The van der Waals surface area contributed by atoms with Crippen LogP contribution in [0.2, 0.25) is 0 Å². The van der Waals surface area contributed by atoms with Gasteiger partial charge >= 0.3 is 5.97 Å². The normalized spacial score (nSPS) is 18.0. The van der Waals surface area contributed by atoms with Gasteiger partial charge in [0, 0.05) is 6.08 Å². The molecular weight excluding hydrogens is 363 g/mol. The third-order valence-corrected chi connectivity index (χ3v) is 5.45. The highest BCUT2D eigenvalue weighted by Gasteiger charge is 2.37. The Bertz CT molecular complexity index is 927. The van der Waals surface area contributed by atoms with Crippen LogP contribution in [0.1, 0.15) is 63.6 Å². The molecule has 0 saturated heterocycles. The van der Waals surface area contributed by atoms with Gasteiger partial charge in [0.1, 0.15) is 5.82 Å². The van der Waals surface area contributed by atoms with Crippen LogP contribution in [0, 0.1) is 16.6 Å². The van der Waals surface area contributed by atoms with E-state index in [0.717, 1.165) is 35.6 Å². The van der Waals surface area contributed by atoms with E-state index in [9.17, 15) is 9.18 Å². The molecule has 3 heteroatoms. The highest BCUT2D eigenvalue weighted by atomic mass is 19.1. The van der Waals surface area contributed by atoms with Crippen LogP contribution < -0.4 is 0 Å². The van der Waals surface area contributed by atoms with Crippen molar-refractivity contribution in [2.75, 3.05) is 0 Å². The summed E-state index contributed by atoms with van der Waals surface area (Å²) in [5.74, 6) is -1.20. The van der Waals surface area contributed by atoms with Crippen LogP contribution in [0.15, 0.2) is 60.2 Å². The average molecular weight is 393 g/mol. The maximum Gasteiger partial charge on any atom is 0.328 e. The van der Waals surface area contributed by atoms with E-state index in [1.54, 1.807) is 6.08 Å². The molecule has 0 amide bonds. The molecule has 0 heterocycles. The molecule has 29 heavy (non-hydrogen) atoms. The van der Waals surface area contributed by atoms with Gasteiger partial charge in [-0.3, -0.25) is 0 Å². The predicted molar refractivity (Wildman–Crippen MR) is 117 cm³/mol. The summed E-state index contributed by atoms with van der Waals surface area (Å²) in [6.45, 7) is 9.26. The minimum absolute atomic E-state index is 0.201. The van der Waals surface area contributed by atoms with Crippen LogP contribution in [-0.2, 0) is 4.79 Å². The summed E-state index contributed by atoms with van der Waals surface area (Å²) in [6, 6.07) is 14.6. The summed E-state index contributed by atoms with van der Waals surface area (Å²) >= 11 is 0. The molecule has 0 unspecified atom stereocenters.